The lowest BCUT2D eigenvalue weighted by atomic mass is 9.77. The molecule has 3 aliphatic heterocycles. The molecule has 0 radical (unpaired) electrons. The number of aromatic carboxylic acids is 1. The van der Waals surface area contributed by atoms with Gasteiger partial charge in [0.1, 0.15) is 35.1 Å². The van der Waals surface area contributed by atoms with Gasteiger partial charge in [0, 0.05) is 82.0 Å². The fourth-order valence-corrected chi connectivity index (χ4v) is 11.5. The number of hydrogen-bond acceptors (Lipinski definition) is 19. The maximum atomic E-state index is 14.6. The summed E-state index contributed by atoms with van der Waals surface area (Å²) in [6.07, 6.45) is -7.75. The highest BCUT2D eigenvalue weighted by Gasteiger charge is 2.54. The number of nitrogens with one attached hydrogen (secondary N) is 2. The summed E-state index contributed by atoms with van der Waals surface area (Å²) in [6, 6.07) is 4.16. The number of fused-ring (bicyclic) bond motifs is 1. The van der Waals surface area contributed by atoms with Gasteiger partial charge in [-0.3, -0.25) is 14.4 Å². The molecule has 4 heterocycles. The van der Waals surface area contributed by atoms with E-state index in [1.54, 1.807) is 78.3 Å². The predicted molar refractivity (Wildman–Crippen MR) is 280 cm³/mol. The van der Waals surface area contributed by atoms with Crippen molar-refractivity contribution >= 4 is 34.5 Å². The third-order valence-electron chi connectivity index (χ3n) is 16.0. The first-order chi connectivity index (χ1) is 35.0. The number of nitrogens with zero attached hydrogens (tertiary/aromatic N) is 3. The molecule has 0 bridgehead atoms. The Morgan fingerprint density at radius 2 is 1.61 bits per heavy atom. The molecule has 18 atom stereocenters. The van der Waals surface area contributed by atoms with Crippen LogP contribution in [-0.2, 0) is 49.8 Å². The van der Waals surface area contributed by atoms with Crippen LogP contribution in [0.5, 0.6) is 0 Å². The average Bonchev–Trinajstić information content (AvgIpc) is 3.33. The van der Waals surface area contributed by atoms with Crippen LogP contribution in [0.15, 0.2) is 29.2 Å². The molecule has 1 aromatic heterocycles. The summed E-state index contributed by atoms with van der Waals surface area (Å²) in [5, 5.41) is 64.3. The normalized spacial score (nSPS) is 37.9. The van der Waals surface area contributed by atoms with Crippen molar-refractivity contribution in [2.75, 3.05) is 59.7 Å². The van der Waals surface area contributed by atoms with Crippen LogP contribution < -0.4 is 16.1 Å². The minimum atomic E-state index is -1.86. The molecule has 5 rings (SSSR count). The molecule has 0 saturated carbocycles. The fraction of sp³-hybridized carbons (Fsp3) is 0.778. The number of benzene rings is 1. The Morgan fingerprint density at radius 1 is 0.933 bits per heavy atom. The SMILES string of the molecule is CC[C@H]1OC(=O)[C@H](C)[C@@H](O[C@H]2C[C@@](C)(OC)[C@@H](OC(=O)CCNCCNc3ccc4c(=O)c(C(=O)O)cn(C)c4c3)[C@H](C)O2)[C@H](C)[C@@H](O[C@@H]2O[C@H](C)C[C@H](N(C)C)[C@H]2O)[C@](C)(O)C[C@@H](C)CN(C)[C@H](C)[C@@H](O)[C@]1(C)O. The molecule has 426 valence electrons. The number of methoxy groups -OCH3 is 1. The van der Waals surface area contributed by atoms with E-state index in [4.69, 9.17) is 33.2 Å². The molecule has 3 fully saturated rings. The van der Waals surface area contributed by atoms with Crippen molar-refractivity contribution in [3.05, 3.63) is 40.2 Å². The zero-order valence-electron chi connectivity index (χ0n) is 46.9. The van der Waals surface area contributed by atoms with Crippen molar-refractivity contribution < 1.29 is 73.1 Å². The number of carbonyl (C=O) groups is 3. The van der Waals surface area contributed by atoms with Crippen LogP contribution in [0.3, 0.4) is 0 Å². The number of aromatic nitrogens is 1. The second-order valence-corrected chi connectivity index (χ2v) is 22.6. The molecule has 1 aromatic carbocycles. The highest BCUT2D eigenvalue weighted by molar-refractivity contribution is 5.93. The standard InChI is InChI=1S/C54H89N5O16/c1-16-40-54(10,68)46(63)33(6)58(13)27-29(2)25-52(8,67)47(75-51-44(62)39(57(11)12)23-30(3)70-51)31(4)45(32(5)50(66)72-40)74-42-26-53(9,69-15)48(34(7)71-42)73-41(60)19-20-55-21-22-56-35-17-18-36-38(24-35)59(14)28-37(43(36)61)49(64)65/h17-18,24,28-34,39-40,42,44-48,51,55-56,62-63,67-68H,16,19-23,25-27H2,1-15H3,(H,64,65)/t29-,30-,31+,32-,33-,34+,39+,40-,42+,44-,45+,46-,47-,48+,51+,52-,53-,54-/m1/s1. The number of aliphatic hydroxyl groups excluding tert-OH is 2. The Bertz CT molecular complexity index is 2300. The molecule has 21 nitrogen and oxygen atoms in total. The Labute approximate surface area is 442 Å². The average molecular weight is 1060 g/mol. The minimum absolute atomic E-state index is 0.0252. The number of carboxylic acid groups (broad SMARTS) is 1. The molecule has 3 saturated heterocycles. The summed E-state index contributed by atoms with van der Waals surface area (Å²) in [7, 11) is 8.74. The molecule has 0 amide bonds. The van der Waals surface area contributed by atoms with E-state index < -0.39 is 113 Å². The molecule has 0 unspecified atom stereocenters. The second kappa shape index (κ2) is 25.7. The van der Waals surface area contributed by atoms with Crippen LogP contribution in [0, 0.1) is 17.8 Å². The first kappa shape index (κ1) is 62.0. The van der Waals surface area contributed by atoms with Crippen LogP contribution in [0.25, 0.3) is 10.9 Å². The Balaban J connectivity index is 1.34. The van der Waals surface area contributed by atoms with Crippen LogP contribution in [-0.4, -0.2) is 203 Å². The molecular weight excluding hydrogens is 975 g/mol. The number of hydrogen-bond donors (Lipinski definition) is 7. The topological polar surface area (TPSA) is 270 Å². The molecule has 75 heavy (non-hydrogen) atoms. The molecular formula is C54H89N5O16. The summed E-state index contributed by atoms with van der Waals surface area (Å²) >= 11 is 0. The van der Waals surface area contributed by atoms with Crippen LogP contribution in [0.4, 0.5) is 5.69 Å². The van der Waals surface area contributed by atoms with Gasteiger partial charge >= 0.3 is 17.9 Å². The van der Waals surface area contributed by atoms with Gasteiger partial charge in [0.15, 0.2) is 18.7 Å². The number of carbonyl (C=O) groups excluding carboxylic acids is 2. The van der Waals surface area contributed by atoms with Gasteiger partial charge in [-0.2, -0.15) is 0 Å². The maximum Gasteiger partial charge on any atom is 0.341 e. The van der Waals surface area contributed by atoms with Gasteiger partial charge in [-0.05, 0) is 113 Å². The largest absolute Gasteiger partial charge is 0.477 e. The molecule has 0 aliphatic carbocycles. The first-order valence-corrected chi connectivity index (χ1v) is 26.5. The van der Waals surface area contributed by atoms with Gasteiger partial charge in [0.2, 0.25) is 5.43 Å². The monoisotopic (exact) mass is 1060 g/mol. The number of aliphatic hydroxyl groups is 4. The van der Waals surface area contributed by atoms with Gasteiger partial charge in [-0.1, -0.05) is 20.8 Å². The van der Waals surface area contributed by atoms with E-state index in [-0.39, 0.29) is 49.3 Å². The molecule has 7 N–H and O–H groups in total. The molecule has 3 aliphatic rings. The Morgan fingerprint density at radius 3 is 2.24 bits per heavy atom. The number of anilines is 1. The van der Waals surface area contributed by atoms with Gasteiger partial charge in [-0.25, -0.2) is 4.79 Å². The van der Waals surface area contributed by atoms with E-state index in [1.807, 2.05) is 44.8 Å². The zero-order valence-corrected chi connectivity index (χ0v) is 46.9. The van der Waals surface area contributed by atoms with E-state index >= 15 is 0 Å². The van der Waals surface area contributed by atoms with E-state index in [1.165, 1.54) is 20.2 Å². The van der Waals surface area contributed by atoms with Crippen molar-refractivity contribution in [1.29, 1.82) is 0 Å². The number of carboxylic acids is 1. The lowest BCUT2D eigenvalue weighted by molar-refractivity contribution is -0.318. The van der Waals surface area contributed by atoms with E-state index in [0.717, 1.165) is 5.69 Å². The van der Waals surface area contributed by atoms with Gasteiger partial charge in [0.05, 0.1) is 47.9 Å². The lowest BCUT2D eigenvalue weighted by Gasteiger charge is -2.49. The van der Waals surface area contributed by atoms with Crippen molar-refractivity contribution in [2.24, 2.45) is 24.8 Å². The van der Waals surface area contributed by atoms with Gasteiger partial charge in [0.25, 0.3) is 0 Å². The van der Waals surface area contributed by atoms with Crippen molar-refractivity contribution in [2.45, 2.75) is 192 Å². The summed E-state index contributed by atoms with van der Waals surface area (Å²) in [5.74, 6) is -4.66. The number of esters is 2. The summed E-state index contributed by atoms with van der Waals surface area (Å²) < 4.78 is 46.4. The number of rotatable bonds is 16. The Hall–Kier alpha value is -3.84. The number of pyridine rings is 1. The number of aryl methyl sites for hydroxylation is 1. The predicted octanol–water partition coefficient (Wildman–Crippen LogP) is 3.09. The number of likely N-dealkylation sites (N-methyl/N-ethyl adjacent to an activating group) is 2. The fourth-order valence-electron chi connectivity index (χ4n) is 11.5. The summed E-state index contributed by atoms with van der Waals surface area (Å²) in [4.78, 5) is 56.0. The Kier molecular flexibility index (Phi) is 21.3. The smallest absolute Gasteiger partial charge is 0.341 e. The van der Waals surface area contributed by atoms with Crippen LogP contribution >= 0.6 is 0 Å². The quantitative estimate of drug-likeness (QED) is 0.0940. The van der Waals surface area contributed by atoms with Crippen molar-refractivity contribution in [3.63, 3.8) is 0 Å². The first-order valence-electron chi connectivity index (χ1n) is 26.5. The second-order valence-electron chi connectivity index (χ2n) is 22.6. The van der Waals surface area contributed by atoms with Crippen LogP contribution in [0.2, 0.25) is 0 Å². The van der Waals surface area contributed by atoms with Gasteiger partial charge < -0.3 is 83.7 Å². The molecule has 2 aromatic rings. The summed E-state index contributed by atoms with van der Waals surface area (Å²) in [6.45, 7) is 19.1. The minimum Gasteiger partial charge on any atom is -0.477 e. The zero-order chi connectivity index (χ0) is 56.1. The molecule has 21 heteroatoms. The van der Waals surface area contributed by atoms with E-state index in [9.17, 15) is 44.7 Å². The van der Waals surface area contributed by atoms with Gasteiger partial charge in [-0.15, -0.1) is 0 Å². The van der Waals surface area contributed by atoms with E-state index in [2.05, 4.69) is 10.6 Å². The third-order valence-corrected chi connectivity index (χ3v) is 16.0. The van der Waals surface area contributed by atoms with Crippen molar-refractivity contribution in [3.8, 4) is 0 Å². The third kappa shape index (κ3) is 14.7. The summed E-state index contributed by atoms with van der Waals surface area (Å²) in [5.41, 5.74) is -4.20. The molecule has 0 spiro atoms. The maximum absolute atomic E-state index is 14.6. The number of ether oxygens (including phenoxy) is 7. The number of cyclic esters (lactones) is 1. The lowest BCUT2D eigenvalue weighted by Crippen LogP contribution is -2.61. The van der Waals surface area contributed by atoms with Crippen molar-refractivity contribution in [1.82, 2.24) is 19.7 Å². The van der Waals surface area contributed by atoms with E-state index in [0.29, 0.717) is 43.5 Å². The highest BCUT2D eigenvalue weighted by atomic mass is 16.7. The highest BCUT2D eigenvalue weighted by Crippen LogP contribution is 2.41. The van der Waals surface area contributed by atoms with Crippen LogP contribution in [0.1, 0.15) is 112 Å².